The summed E-state index contributed by atoms with van der Waals surface area (Å²) in [5.74, 6) is -3.55. The molecular formula is C43H54F2N6O3. The van der Waals surface area contributed by atoms with E-state index in [-0.39, 0.29) is 67.4 Å². The second kappa shape index (κ2) is 17.2. The molecule has 2 unspecified atom stereocenters. The number of hydrogen-bond acceptors (Lipinski definition) is 7. The van der Waals surface area contributed by atoms with Crippen molar-refractivity contribution in [2.45, 2.75) is 88.3 Å². The Morgan fingerprint density at radius 1 is 0.926 bits per heavy atom. The maximum atomic E-state index is 13.8. The zero-order valence-corrected chi connectivity index (χ0v) is 31.5. The fourth-order valence-corrected chi connectivity index (χ4v) is 8.93. The molecule has 1 saturated heterocycles. The topological polar surface area (TPSA) is 89.1 Å². The first-order valence-electron chi connectivity index (χ1n) is 20.0. The van der Waals surface area contributed by atoms with E-state index in [9.17, 15) is 23.2 Å². The number of aromatic nitrogens is 1. The predicted molar refractivity (Wildman–Crippen MR) is 204 cm³/mol. The summed E-state index contributed by atoms with van der Waals surface area (Å²) in [6, 6.07) is 21.6. The van der Waals surface area contributed by atoms with Crippen LogP contribution in [0, 0.1) is 5.92 Å². The van der Waals surface area contributed by atoms with Gasteiger partial charge >= 0.3 is 0 Å². The molecular weight excluding hydrogens is 687 g/mol. The molecule has 4 aliphatic rings. The summed E-state index contributed by atoms with van der Waals surface area (Å²) in [4.78, 5) is 53.2. The Morgan fingerprint density at radius 3 is 2.39 bits per heavy atom. The Kier molecular flexibility index (Phi) is 12.2. The molecule has 3 amide bonds. The Balaban J connectivity index is 0.994. The first-order valence-corrected chi connectivity index (χ1v) is 20.0. The molecule has 0 spiro atoms. The Labute approximate surface area is 318 Å². The van der Waals surface area contributed by atoms with Crippen molar-refractivity contribution in [2.24, 2.45) is 5.92 Å². The number of aryl methyl sites for hydroxylation is 1. The van der Waals surface area contributed by atoms with Crippen molar-refractivity contribution in [3.8, 4) is 0 Å². The van der Waals surface area contributed by atoms with Gasteiger partial charge in [0.2, 0.25) is 11.8 Å². The molecule has 2 aliphatic heterocycles. The number of alkyl halides is 2. The first-order chi connectivity index (χ1) is 26.2. The molecule has 3 heterocycles. The van der Waals surface area contributed by atoms with Gasteiger partial charge in [-0.1, -0.05) is 48.5 Å². The molecule has 1 N–H and O–H groups in total. The fourth-order valence-electron chi connectivity index (χ4n) is 8.93. The highest BCUT2D eigenvalue weighted by molar-refractivity contribution is 6.21. The molecule has 54 heavy (non-hydrogen) atoms. The number of likely N-dealkylation sites (N-methyl/N-ethyl adjacent to an activating group) is 1. The largest absolute Gasteiger partial charge is 0.349 e. The number of rotatable bonds is 14. The van der Waals surface area contributed by atoms with Crippen LogP contribution in [0.2, 0.25) is 0 Å². The quantitative estimate of drug-likeness (QED) is 0.149. The zero-order chi connectivity index (χ0) is 37.7. The van der Waals surface area contributed by atoms with Gasteiger partial charge in [0, 0.05) is 70.3 Å². The second-order valence-electron chi connectivity index (χ2n) is 15.8. The molecule has 1 saturated carbocycles. The average molecular weight is 741 g/mol. The lowest BCUT2D eigenvalue weighted by Crippen LogP contribution is -2.56. The van der Waals surface area contributed by atoms with Gasteiger partial charge in [-0.3, -0.25) is 34.1 Å². The maximum absolute atomic E-state index is 13.8. The van der Waals surface area contributed by atoms with E-state index < -0.39 is 5.92 Å². The minimum Gasteiger partial charge on any atom is -0.349 e. The van der Waals surface area contributed by atoms with E-state index in [4.69, 9.17) is 4.98 Å². The number of carbonyl (C=O) groups is 3. The fraction of sp³-hybridized carbons (Fsp3) is 0.535. The minimum atomic E-state index is -2.66. The number of carbonyl (C=O) groups excluding carboxylic acids is 3. The molecule has 7 rings (SSSR count). The highest BCUT2D eigenvalue weighted by Crippen LogP contribution is 2.37. The van der Waals surface area contributed by atoms with Crippen LogP contribution in [0.4, 0.5) is 8.78 Å². The van der Waals surface area contributed by atoms with Crippen LogP contribution in [-0.4, -0.2) is 107 Å². The molecule has 11 heteroatoms. The van der Waals surface area contributed by atoms with E-state index >= 15 is 0 Å². The molecule has 288 valence electrons. The van der Waals surface area contributed by atoms with Crippen LogP contribution in [0.15, 0.2) is 72.9 Å². The van der Waals surface area contributed by atoms with Crippen molar-refractivity contribution in [1.29, 1.82) is 0 Å². The third-order valence-electron chi connectivity index (χ3n) is 12.2. The van der Waals surface area contributed by atoms with Crippen LogP contribution in [0.25, 0.3) is 0 Å². The van der Waals surface area contributed by atoms with Gasteiger partial charge in [0.05, 0.1) is 28.9 Å². The van der Waals surface area contributed by atoms with E-state index in [1.54, 1.807) is 24.3 Å². The second-order valence-corrected chi connectivity index (χ2v) is 15.8. The number of piperazine rings is 1. The summed E-state index contributed by atoms with van der Waals surface area (Å²) < 4.78 is 27.7. The van der Waals surface area contributed by atoms with Crippen LogP contribution in [0.1, 0.15) is 107 Å². The van der Waals surface area contributed by atoms with Crippen molar-refractivity contribution in [2.75, 3.05) is 52.9 Å². The van der Waals surface area contributed by atoms with Crippen LogP contribution < -0.4 is 5.32 Å². The van der Waals surface area contributed by atoms with Crippen LogP contribution in [0.3, 0.4) is 0 Å². The van der Waals surface area contributed by atoms with Gasteiger partial charge in [0.25, 0.3) is 11.8 Å². The van der Waals surface area contributed by atoms with E-state index in [1.807, 2.05) is 42.6 Å². The summed E-state index contributed by atoms with van der Waals surface area (Å²) in [5, 5.41) is 3.25. The van der Waals surface area contributed by atoms with Crippen molar-refractivity contribution < 1.29 is 23.2 Å². The highest BCUT2D eigenvalue weighted by Gasteiger charge is 2.39. The third-order valence-corrected chi connectivity index (χ3v) is 12.2. The SMILES string of the molecule is CN1CCN(CCC(NC(=O)C2CCC(F)(F)CC2)c2ccccc2)CC1CN(CCCCN1C(=O)c2ccccc2C1=O)[C@H]1CCCc2cccnc21. The van der Waals surface area contributed by atoms with E-state index in [1.165, 1.54) is 16.2 Å². The normalized spacial score (nSPS) is 22.6. The number of benzene rings is 2. The number of unbranched alkanes of at least 4 members (excludes halogenated alkanes) is 1. The van der Waals surface area contributed by atoms with Crippen LogP contribution in [0.5, 0.6) is 0 Å². The standard InChI is InChI=1S/C43H54F2N6O3/c1-48-27-28-49(26-20-37(31-11-3-2-4-12-31)47-40(52)33-18-21-43(44,45)22-19-33)29-34(48)30-50(38-17-9-13-32-14-10-23-46-39(32)38)24-7-8-25-51-41(53)35-15-5-6-16-36(35)42(51)54/h2-6,10-12,14-16,23,33-34,37-38H,7-9,13,17-22,24-30H2,1H3,(H,47,52)/t34?,37?,38-/m0/s1. The maximum Gasteiger partial charge on any atom is 0.261 e. The molecule has 3 atom stereocenters. The number of imide groups is 1. The summed E-state index contributed by atoms with van der Waals surface area (Å²) in [5.41, 5.74) is 4.51. The molecule has 1 aromatic heterocycles. The van der Waals surface area contributed by atoms with Crippen LogP contribution in [-0.2, 0) is 11.2 Å². The van der Waals surface area contributed by atoms with Crippen molar-refractivity contribution in [1.82, 2.24) is 29.9 Å². The highest BCUT2D eigenvalue weighted by atomic mass is 19.3. The number of halogens is 2. The minimum absolute atomic E-state index is 0.115. The third kappa shape index (κ3) is 8.90. The summed E-state index contributed by atoms with van der Waals surface area (Å²) in [6.45, 7) is 5.65. The van der Waals surface area contributed by atoms with E-state index in [0.717, 1.165) is 83.4 Å². The van der Waals surface area contributed by atoms with Crippen LogP contribution >= 0.6 is 0 Å². The number of nitrogens with one attached hydrogen (secondary N) is 1. The number of pyridine rings is 1. The Morgan fingerprint density at radius 2 is 1.65 bits per heavy atom. The van der Waals surface area contributed by atoms with Gasteiger partial charge in [0.1, 0.15) is 0 Å². The van der Waals surface area contributed by atoms with Crippen molar-refractivity contribution in [3.05, 3.63) is 101 Å². The Bertz CT molecular complexity index is 1730. The molecule has 0 bridgehead atoms. The van der Waals surface area contributed by atoms with E-state index in [0.29, 0.717) is 17.7 Å². The average Bonchev–Trinajstić information content (AvgIpc) is 3.43. The van der Waals surface area contributed by atoms with Gasteiger partial charge in [-0.15, -0.1) is 0 Å². The molecule has 2 fully saturated rings. The van der Waals surface area contributed by atoms with Gasteiger partial charge in [-0.2, -0.15) is 0 Å². The number of nitrogens with zero attached hydrogens (tertiary/aromatic N) is 5. The monoisotopic (exact) mass is 740 g/mol. The first kappa shape index (κ1) is 38.2. The Hall–Kier alpha value is -4.06. The lowest BCUT2D eigenvalue weighted by Gasteiger charge is -2.44. The smallest absolute Gasteiger partial charge is 0.261 e. The van der Waals surface area contributed by atoms with Gasteiger partial charge in [-0.05, 0) is 94.3 Å². The molecule has 2 aliphatic carbocycles. The summed E-state index contributed by atoms with van der Waals surface area (Å²) >= 11 is 0. The molecule has 2 aromatic carbocycles. The lowest BCUT2D eigenvalue weighted by atomic mass is 9.86. The zero-order valence-electron chi connectivity index (χ0n) is 31.5. The predicted octanol–water partition coefficient (Wildman–Crippen LogP) is 6.53. The lowest BCUT2D eigenvalue weighted by molar-refractivity contribution is -0.130. The summed E-state index contributed by atoms with van der Waals surface area (Å²) in [6.07, 6.45) is 7.39. The number of fused-ring (bicyclic) bond motifs is 2. The number of amides is 3. The van der Waals surface area contributed by atoms with Gasteiger partial charge < -0.3 is 10.2 Å². The molecule has 0 radical (unpaired) electrons. The van der Waals surface area contributed by atoms with Crippen molar-refractivity contribution >= 4 is 17.7 Å². The van der Waals surface area contributed by atoms with Gasteiger partial charge in [-0.25, -0.2) is 8.78 Å². The van der Waals surface area contributed by atoms with Gasteiger partial charge in [0.15, 0.2) is 0 Å². The summed E-state index contributed by atoms with van der Waals surface area (Å²) in [7, 11) is 2.20. The van der Waals surface area contributed by atoms with E-state index in [2.05, 4.69) is 33.1 Å². The molecule has 9 nitrogen and oxygen atoms in total. The number of hydrogen-bond donors (Lipinski definition) is 1. The van der Waals surface area contributed by atoms with Crippen molar-refractivity contribution in [3.63, 3.8) is 0 Å². The molecule has 3 aromatic rings.